The monoisotopic (exact) mass is 467 g/mol. The van der Waals surface area contributed by atoms with E-state index in [0.717, 1.165) is 4.47 Å². The number of hydrogen-bond acceptors (Lipinski definition) is 3. The Morgan fingerprint density at radius 1 is 0.897 bits per heavy atom. The van der Waals surface area contributed by atoms with Gasteiger partial charge in [-0.2, -0.15) is 0 Å². The van der Waals surface area contributed by atoms with Gasteiger partial charge in [0, 0.05) is 20.7 Å². The lowest BCUT2D eigenvalue weighted by molar-refractivity contribution is -0.132. The number of aliphatic hydroxyl groups excluding tert-OH is 1. The lowest BCUT2D eigenvalue weighted by Gasteiger charge is -2.25. The zero-order valence-corrected chi connectivity index (χ0v) is 17.4. The number of halogens is 2. The molecule has 3 aromatic rings. The minimum Gasteiger partial charge on any atom is -0.507 e. The van der Waals surface area contributed by atoms with Gasteiger partial charge in [0.15, 0.2) is 0 Å². The maximum absolute atomic E-state index is 13.0. The van der Waals surface area contributed by atoms with Gasteiger partial charge < -0.3 is 5.11 Å². The highest BCUT2D eigenvalue weighted by Gasteiger charge is 2.46. The smallest absolute Gasteiger partial charge is 0.300 e. The van der Waals surface area contributed by atoms with E-state index in [9.17, 15) is 14.7 Å². The molecule has 1 saturated heterocycles. The molecule has 3 aromatic carbocycles. The molecule has 1 atom stereocenters. The molecular formula is C23H15BrClNO3. The summed E-state index contributed by atoms with van der Waals surface area (Å²) in [7, 11) is 0. The lowest BCUT2D eigenvalue weighted by atomic mass is 9.95. The maximum Gasteiger partial charge on any atom is 0.300 e. The van der Waals surface area contributed by atoms with E-state index in [1.54, 1.807) is 72.8 Å². The third-order valence-corrected chi connectivity index (χ3v) is 5.56. The Morgan fingerprint density at radius 2 is 1.52 bits per heavy atom. The van der Waals surface area contributed by atoms with Crippen LogP contribution in [0.3, 0.4) is 0 Å². The van der Waals surface area contributed by atoms with Crippen LogP contribution >= 0.6 is 27.5 Å². The summed E-state index contributed by atoms with van der Waals surface area (Å²) in [5.74, 6) is -1.62. The molecule has 1 unspecified atom stereocenters. The number of carbonyl (C=O) groups is 2. The molecule has 1 amide bonds. The molecule has 1 heterocycles. The third-order valence-electron chi connectivity index (χ3n) is 4.78. The van der Waals surface area contributed by atoms with Gasteiger partial charge in [-0.3, -0.25) is 14.5 Å². The van der Waals surface area contributed by atoms with Gasteiger partial charge in [0.05, 0.1) is 11.6 Å². The summed E-state index contributed by atoms with van der Waals surface area (Å²) < 4.78 is 0.852. The van der Waals surface area contributed by atoms with Crippen LogP contribution in [0.1, 0.15) is 17.2 Å². The summed E-state index contributed by atoms with van der Waals surface area (Å²) in [5, 5.41) is 11.5. The molecule has 0 aromatic heterocycles. The van der Waals surface area contributed by atoms with Gasteiger partial charge in [0.2, 0.25) is 0 Å². The van der Waals surface area contributed by atoms with Crippen molar-refractivity contribution in [2.24, 2.45) is 0 Å². The molecule has 1 N–H and O–H groups in total. The number of amides is 1. The number of nitrogens with zero attached hydrogens (tertiary/aromatic N) is 1. The van der Waals surface area contributed by atoms with Crippen LogP contribution in [0.15, 0.2) is 88.9 Å². The van der Waals surface area contributed by atoms with Crippen LogP contribution < -0.4 is 4.90 Å². The summed E-state index contributed by atoms with van der Waals surface area (Å²) in [6.07, 6.45) is 0. The van der Waals surface area contributed by atoms with E-state index < -0.39 is 17.7 Å². The van der Waals surface area contributed by atoms with Gasteiger partial charge in [-0.1, -0.05) is 70.0 Å². The van der Waals surface area contributed by atoms with Crippen molar-refractivity contribution in [1.82, 2.24) is 0 Å². The molecule has 1 aliphatic rings. The predicted molar refractivity (Wildman–Crippen MR) is 117 cm³/mol. The van der Waals surface area contributed by atoms with Crippen LogP contribution in [-0.4, -0.2) is 16.8 Å². The Labute approximate surface area is 181 Å². The first-order valence-electron chi connectivity index (χ1n) is 8.85. The predicted octanol–water partition coefficient (Wildman–Crippen LogP) is 5.73. The van der Waals surface area contributed by atoms with E-state index in [1.165, 1.54) is 4.90 Å². The molecule has 0 saturated carbocycles. The Kier molecular flexibility index (Phi) is 5.26. The highest BCUT2D eigenvalue weighted by Crippen LogP contribution is 2.42. The van der Waals surface area contributed by atoms with Gasteiger partial charge >= 0.3 is 0 Å². The Bertz CT molecular complexity index is 1110. The molecular weight excluding hydrogens is 454 g/mol. The van der Waals surface area contributed by atoms with Crippen LogP contribution in [0.5, 0.6) is 0 Å². The van der Waals surface area contributed by atoms with Crippen molar-refractivity contribution in [1.29, 1.82) is 0 Å². The van der Waals surface area contributed by atoms with Crippen LogP contribution in [0.4, 0.5) is 5.69 Å². The number of benzene rings is 3. The molecule has 0 radical (unpaired) electrons. The fraction of sp³-hybridized carbons (Fsp3) is 0.0435. The van der Waals surface area contributed by atoms with Crippen molar-refractivity contribution < 1.29 is 14.7 Å². The first kappa shape index (κ1) is 19.4. The summed E-state index contributed by atoms with van der Waals surface area (Å²) in [6, 6.07) is 21.9. The molecule has 4 nitrogen and oxygen atoms in total. The number of anilines is 1. The van der Waals surface area contributed by atoms with Gasteiger partial charge in [-0.15, -0.1) is 0 Å². The summed E-state index contributed by atoms with van der Waals surface area (Å²) in [4.78, 5) is 27.4. The van der Waals surface area contributed by atoms with Crippen LogP contribution in [0.2, 0.25) is 5.02 Å². The second-order valence-electron chi connectivity index (χ2n) is 6.56. The Hall–Kier alpha value is -2.89. The summed E-state index contributed by atoms with van der Waals surface area (Å²) >= 11 is 9.41. The van der Waals surface area contributed by atoms with E-state index in [2.05, 4.69) is 15.9 Å². The second-order valence-corrected chi connectivity index (χ2v) is 7.92. The number of carbonyl (C=O) groups excluding carboxylic acids is 2. The van der Waals surface area contributed by atoms with Crippen molar-refractivity contribution in [3.05, 3.63) is 105 Å². The second kappa shape index (κ2) is 7.85. The van der Waals surface area contributed by atoms with E-state index in [1.807, 2.05) is 6.07 Å². The Morgan fingerprint density at radius 3 is 2.14 bits per heavy atom. The van der Waals surface area contributed by atoms with Crippen LogP contribution in [-0.2, 0) is 9.59 Å². The lowest BCUT2D eigenvalue weighted by Crippen LogP contribution is -2.29. The van der Waals surface area contributed by atoms with E-state index >= 15 is 0 Å². The van der Waals surface area contributed by atoms with Crippen molar-refractivity contribution in [2.75, 3.05) is 4.90 Å². The standard InChI is InChI=1S/C23H15BrClNO3/c24-16-8-12-18(13-9-16)26-20(14-6-10-17(25)11-7-14)19(22(28)23(26)29)21(27)15-4-2-1-3-5-15/h1-13,20,27H. The SMILES string of the molecule is O=C1C(=O)N(c2ccc(Br)cc2)C(c2ccc(Cl)cc2)C1=C(O)c1ccccc1. The van der Waals surface area contributed by atoms with E-state index in [4.69, 9.17) is 11.6 Å². The third kappa shape index (κ3) is 3.59. The van der Waals surface area contributed by atoms with Gasteiger partial charge in [-0.05, 0) is 42.0 Å². The average molecular weight is 469 g/mol. The molecule has 1 aliphatic heterocycles. The molecule has 4 rings (SSSR count). The van der Waals surface area contributed by atoms with Crippen molar-refractivity contribution in [3.63, 3.8) is 0 Å². The zero-order chi connectivity index (χ0) is 20.5. The number of aliphatic hydroxyl groups is 1. The largest absolute Gasteiger partial charge is 0.507 e. The summed E-state index contributed by atoms with van der Waals surface area (Å²) in [6.45, 7) is 0. The van der Waals surface area contributed by atoms with Crippen molar-refractivity contribution >= 4 is 50.7 Å². The number of rotatable bonds is 3. The van der Waals surface area contributed by atoms with Crippen LogP contribution in [0, 0.1) is 0 Å². The zero-order valence-electron chi connectivity index (χ0n) is 15.0. The molecule has 0 bridgehead atoms. The normalized spacial score (nSPS) is 18.3. The highest BCUT2D eigenvalue weighted by atomic mass is 79.9. The molecule has 144 valence electrons. The number of hydrogen-bond donors (Lipinski definition) is 1. The van der Waals surface area contributed by atoms with Gasteiger partial charge in [-0.25, -0.2) is 0 Å². The van der Waals surface area contributed by atoms with Crippen LogP contribution in [0.25, 0.3) is 5.76 Å². The van der Waals surface area contributed by atoms with Crippen molar-refractivity contribution in [2.45, 2.75) is 6.04 Å². The minimum absolute atomic E-state index is 0.0476. The molecule has 6 heteroatoms. The van der Waals surface area contributed by atoms with Gasteiger partial charge in [0.1, 0.15) is 5.76 Å². The van der Waals surface area contributed by atoms with Crippen molar-refractivity contribution in [3.8, 4) is 0 Å². The van der Waals surface area contributed by atoms with Gasteiger partial charge in [0.25, 0.3) is 11.7 Å². The fourth-order valence-electron chi connectivity index (χ4n) is 3.41. The molecule has 29 heavy (non-hydrogen) atoms. The number of Topliss-reactive ketones (excluding diaryl/α,β-unsaturated/α-hetero) is 1. The molecule has 1 fully saturated rings. The number of ketones is 1. The summed E-state index contributed by atoms with van der Waals surface area (Å²) in [5.41, 5.74) is 1.75. The quantitative estimate of drug-likeness (QED) is 0.303. The molecule has 0 spiro atoms. The first-order valence-corrected chi connectivity index (χ1v) is 10.0. The fourth-order valence-corrected chi connectivity index (χ4v) is 3.80. The average Bonchev–Trinajstić information content (AvgIpc) is 3.00. The Balaban J connectivity index is 1.94. The topological polar surface area (TPSA) is 57.6 Å². The minimum atomic E-state index is -0.770. The first-order chi connectivity index (χ1) is 14.0. The highest BCUT2D eigenvalue weighted by molar-refractivity contribution is 9.10. The maximum atomic E-state index is 13.0. The van der Waals surface area contributed by atoms with E-state index in [-0.39, 0.29) is 11.3 Å². The molecule has 0 aliphatic carbocycles. The van der Waals surface area contributed by atoms with E-state index in [0.29, 0.717) is 21.8 Å².